The molecule has 0 nitrogen and oxygen atoms in total. The van der Waals surface area contributed by atoms with E-state index >= 15 is 0 Å². The number of hydrogen-bond acceptors (Lipinski definition) is 0. The van der Waals surface area contributed by atoms with Gasteiger partial charge >= 0.3 is 0 Å². The van der Waals surface area contributed by atoms with Gasteiger partial charge in [0.1, 0.15) is 0 Å². The molecule has 0 heterocycles. The monoisotopic (exact) mass is 203 g/mol. The number of rotatable bonds is 8. The minimum atomic E-state index is 0.973. The van der Waals surface area contributed by atoms with Crippen LogP contribution in [0.15, 0.2) is 48.6 Å². The van der Waals surface area contributed by atoms with Crippen molar-refractivity contribution in [2.24, 2.45) is 0 Å². The summed E-state index contributed by atoms with van der Waals surface area (Å²) in [5, 5.41) is 0. The van der Waals surface area contributed by atoms with Gasteiger partial charge in [0.05, 0.1) is 0 Å². The highest BCUT2D eigenvalue weighted by Crippen LogP contribution is 1.95. The van der Waals surface area contributed by atoms with Crippen LogP contribution in [0, 0.1) is 6.92 Å². The quantitative estimate of drug-likeness (QED) is 0.384. The molecular formula is C15H23. The second-order valence-corrected chi connectivity index (χ2v) is 3.41. The van der Waals surface area contributed by atoms with E-state index in [9.17, 15) is 0 Å². The lowest BCUT2D eigenvalue weighted by atomic mass is 10.2. The Labute approximate surface area is 95.1 Å². The molecule has 0 rings (SSSR count). The van der Waals surface area contributed by atoms with Crippen LogP contribution in [0.25, 0.3) is 0 Å². The van der Waals surface area contributed by atoms with Crippen molar-refractivity contribution in [2.45, 2.75) is 39.0 Å². The van der Waals surface area contributed by atoms with Crippen LogP contribution in [0.1, 0.15) is 39.0 Å². The molecule has 83 valence electrons. The third-order valence-corrected chi connectivity index (χ3v) is 1.92. The first kappa shape index (κ1) is 14.0. The highest BCUT2D eigenvalue weighted by Gasteiger charge is 1.74. The van der Waals surface area contributed by atoms with Crippen LogP contribution in [-0.4, -0.2) is 0 Å². The number of allylic oxidation sites excluding steroid dienone is 8. The molecule has 0 aliphatic rings. The Morgan fingerprint density at radius 2 is 1.33 bits per heavy atom. The van der Waals surface area contributed by atoms with E-state index in [1.165, 1.54) is 19.3 Å². The van der Waals surface area contributed by atoms with Gasteiger partial charge in [-0.1, -0.05) is 75.3 Å². The van der Waals surface area contributed by atoms with Crippen LogP contribution >= 0.6 is 0 Å². The molecule has 0 aromatic carbocycles. The zero-order valence-electron chi connectivity index (χ0n) is 9.86. The molecule has 0 aliphatic heterocycles. The first-order valence-corrected chi connectivity index (χ1v) is 5.86. The summed E-state index contributed by atoms with van der Waals surface area (Å²) in [5.74, 6) is 0. The third kappa shape index (κ3) is 13.0. The maximum atomic E-state index is 3.77. The Kier molecular flexibility index (Phi) is 12.1. The second-order valence-electron chi connectivity index (χ2n) is 3.41. The molecule has 1 radical (unpaired) electrons. The summed E-state index contributed by atoms with van der Waals surface area (Å²) in [6.07, 6.45) is 22.5. The fourth-order valence-electron chi connectivity index (χ4n) is 1.05. The van der Waals surface area contributed by atoms with Crippen molar-refractivity contribution in [3.63, 3.8) is 0 Å². The minimum Gasteiger partial charge on any atom is -0.0845 e. The highest BCUT2D eigenvalue weighted by molar-refractivity contribution is 5.15. The maximum absolute atomic E-state index is 3.77. The van der Waals surface area contributed by atoms with Gasteiger partial charge in [-0.2, -0.15) is 0 Å². The Balaban J connectivity index is 3.48. The summed E-state index contributed by atoms with van der Waals surface area (Å²) >= 11 is 0. The predicted molar refractivity (Wildman–Crippen MR) is 70.7 cm³/mol. The summed E-state index contributed by atoms with van der Waals surface area (Å²) in [5.41, 5.74) is 0. The van der Waals surface area contributed by atoms with E-state index < -0.39 is 0 Å². The molecule has 0 aromatic heterocycles. The molecule has 0 saturated carbocycles. The molecule has 0 aliphatic carbocycles. The summed E-state index contributed by atoms with van der Waals surface area (Å²) < 4.78 is 0. The van der Waals surface area contributed by atoms with Gasteiger partial charge in [0, 0.05) is 0 Å². The fraction of sp³-hybridized carbons (Fsp3) is 0.400. The van der Waals surface area contributed by atoms with Crippen molar-refractivity contribution in [3.8, 4) is 0 Å². The summed E-state index contributed by atoms with van der Waals surface area (Å²) in [4.78, 5) is 0. The fourth-order valence-corrected chi connectivity index (χ4v) is 1.05. The Morgan fingerprint density at radius 1 is 0.800 bits per heavy atom. The lowest BCUT2D eigenvalue weighted by Gasteiger charge is -1.85. The largest absolute Gasteiger partial charge is 0.0845 e. The lowest BCUT2D eigenvalue weighted by Crippen LogP contribution is -1.64. The van der Waals surface area contributed by atoms with E-state index in [4.69, 9.17) is 0 Å². The predicted octanol–water partition coefficient (Wildman–Crippen LogP) is 5.02. The topological polar surface area (TPSA) is 0 Å². The zero-order valence-corrected chi connectivity index (χ0v) is 9.86. The van der Waals surface area contributed by atoms with Gasteiger partial charge in [-0.05, 0) is 19.3 Å². The van der Waals surface area contributed by atoms with Crippen LogP contribution in [0.5, 0.6) is 0 Å². The van der Waals surface area contributed by atoms with Gasteiger partial charge in [-0.3, -0.25) is 0 Å². The average Bonchev–Trinajstić information content (AvgIpc) is 2.26. The van der Waals surface area contributed by atoms with Crippen LogP contribution in [0.2, 0.25) is 0 Å². The van der Waals surface area contributed by atoms with Crippen molar-refractivity contribution < 1.29 is 0 Å². The Morgan fingerprint density at radius 3 is 1.87 bits per heavy atom. The van der Waals surface area contributed by atoms with E-state index in [0.29, 0.717) is 0 Å². The first-order valence-electron chi connectivity index (χ1n) is 5.86. The molecule has 0 saturated heterocycles. The van der Waals surface area contributed by atoms with Crippen molar-refractivity contribution in [2.75, 3.05) is 0 Å². The SMILES string of the molecule is [CH2]CCC=CC=CC=CC=CCCCC. The smallest absolute Gasteiger partial charge is 0.0348 e. The summed E-state index contributed by atoms with van der Waals surface area (Å²) in [7, 11) is 0. The van der Waals surface area contributed by atoms with E-state index in [1.807, 2.05) is 12.2 Å². The number of unbranched alkanes of at least 4 members (excludes halogenated alkanes) is 3. The van der Waals surface area contributed by atoms with E-state index in [-0.39, 0.29) is 0 Å². The molecule has 15 heavy (non-hydrogen) atoms. The minimum absolute atomic E-state index is 0.973. The molecule has 0 atom stereocenters. The molecule has 0 bridgehead atoms. The lowest BCUT2D eigenvalue weighted by molar-refractivity contribution is 0.815. The second kappa shape index (κ2) is 13.0. The van der Waals surface area contributed by atoms with Gasteiger partial charge in [0.2, 0.25) is 0 Å². The van der Waals surface area contributed by atoms with Crippen LogP contribution in [0.3, 0.4) is 0 Å². The normalized spacial score (nSPS) is 12.9. The van der Waals surface area contributed by atoms with Crippen LogP contribution < -0.4 is 0 Å². The van der Waals surface area contributed by atoms with Crippen molar-refractivity contribution in [3.05, 3.63) is 55.5 Å². The van der Waals surface area contributed by atoms with E-state index in [2.05, 4.69) is 50.3 Å². The standard InChI is InChI=1S/C15H23/c1-3-5-7-9-11-13-15-14-12-10-8-6-4-2/h7,9-15H,1,3-6,8H2,2H3. The van der Waals surface area contributed by atoms with Crippen molar-refractivity contribution in [1.82, 2.24) is 0 Å². The Bertz CT molecular complexity index is 216. The van der Waals surface area contributed by atoms with Crippen LogP contribution in [-0.2, 0) is 0 Å². The van der Waals surface area contributed by atoms with Gasteiger partial charge in [0.15, 0.2) is 0 Å². The Hall–Kier alpha value is -1.04. The molecule has 0 aromatic rings. The first-order chi connectivity index (χ1) is 7.41. The van der Waals surface area contributed by atoms with Crippen molar-refractivity contribution in [1.29, 1.82) is 0 Å². The van der Waals surface area contributed by atoms with E-state index in [0.717, 1.165) is 12.8 Å². The molecule has 0 fully saturated rings. The zero-order chi connectivity index (χ0) is 11.2. The maximum Gasteiger partial charge on any atom is -0.0348 e. The molecule has 0 heteroatoms. The molecular weight excluding hydrogens is 180 g/mol. The molecule has 0 amide bonds. The summed E-state index contributed by atoms with van der Waals surface area (Å²) in [6.45, 7) is 5.98. The molecule has 0 spiro atoms. The molecule has 0 unspecified atom stereocenters. The average molecular weight is 203 g/mol. The third-order valence-electron chi connectivity index (χ3n) is 1.92. The molecule has 0 N–H and O–H groups in total. The van der Waals surface area contributed by atoms with Gasteiger partial charge in [-0.15, -0.1) is 0 Å². The van der Waals surface area contributed by atoms with Gasteiger partial charge in [0.25, 0.3) is 0 Å². The highest BCUT2D eigenvalue weighted by atomic mass is 13.8. The van der Waals surface area contributed by atoms with Crippen LogP contribution in [0.4, 0.5) is 0 Å². The van der Waals surface area contributed by atoms with Gasteiger partial charge in [-0.25, -0.2) is 0 Å². The number of hydrogen-bond donors (Lipinski definition) is 0. The van der Waals surface area contributed by atoms with Gasteiger partial charge < -0.3 is 0 Å². The summed E-state index contributed by atoms with van der Waals surface area (Å²) in [6, 6.07) is 0. The van der Waals surface area contributed by atoms with E-state index in [1.54, 1.807) is 0 Å². The van der Waals surface area contributed by atoms with Crippen molar-refractivity contribution >= 4 is 0 Å².